The van der Waals surface area contributed by atoms with E-state index >= 15 is 0 Å². The van der Waals surface area contributed by atoms with E-state index in [1.165, 1.54) is 44.1 Å². The zero-order valence-corrected chi connectivity index (χ0v) is 21.4. The highest BCUT2D eigenvalue weighted by Crippen LogP contribution is 2.34. The molecule has 0 amide bonds. The molecule has 0 radical (unpaired) electrons. The van der Waals surface area contributed by atoms with Gasteiger partial charge in [0.2, 0.25) is 5.89 Å². The van der Waals surface area contributed by atoms with Gasteiger partial charge >= 0.3 is 5.97 Å². The van der Waals surface area contributed by atoms with Crippen molar-refractivity contribution < 1.29 is 18.8 Å². The summed E-state index contributed by atoms with van der Waals surface area (Å²) in [4.78, 5) is 31.3. The Morgan fingerprint density at radius 1 is 1.23 bits per heavy atom. The Morgan fingerprint density at radius 2 is 2.00 bits per heavy atom. The van der Waals surface area contributed by atoms with Gasteiger partial charge in [-0.2, -0.15) is 4.98 Å². The van der Waals surface area contributed by atoms with Crippen molar-refractivity contribution >= 4 is 18.2 Å². The Hall–Kier alpha value is -2.70. The molecule has 0 saturated heterocycles. The van der Waals surface area contributed by atoms with Crippen molar-refractivity contribution in [3.63, 3.8) is 0 Å². The van der Waals surface area contributed by atoms with Crippen molar-refractivity contribution in [2.24, 2.45) is 5.92 Å². The predicted octanol–water partition coefficient (Wildman–Crippen LogP) is 5.94. The van der Waals surface area contributed by atoms with Crippen LogP contribution in [0.25, 0.3) is 0 Å². The van der Waals surface area contributed by atoms with Crippen LogP contribution >= 0.6 is 0 Å². The highest BCUT2D eigenvalue weighted by Gasteiger charge is 2.32. The Balaban J connectivity index is 1.48. The molecular weight excluding hydrogens is 442 g/mol. The summed E-state index contributed by atoms with van der Waals surface area (Å²) < 4.78 is 11.3. The van der Waals surface area contributed by atoms with Crippen LogP contribution in [0.5, 0.6) is 0 Å². The predicted molar refractivity (Wildman–Crippen MR) is 134 cm³/mol. The summed E-state index contributed by atoms with van der Waals surface area (Å²) in [5.41, 5.74) is 1.62. The Morgan fingerprint density at radius 3 is 2.74 bits per heavy atom. The summed E-state index contributed by atoms with van der Waals surface area (Å²) in [6.45, 7) is 6.27. The number of carbonyl (C=O) groups excluding carboxylic acids is 2. The quantitative estimate of drug-likeness (QED) is 0.324. The van der Waals surface area contributed by atoms with Gasteiger partial charge in [0, 0.05) is 12.5 Å². The third kappa shape index (κ3) is 6.71. The second-order valence-electron chi connectivity index (χ2n) is 11.1. The number of rotatable bonds is 9. The first-order valence-electron chi connectivity index (χ1n) is 13.2. The molecule has 1 aliphatic carbocycles. The largest absolute Gasteiger partial charge is 0.460 e. The molecule has 190 valence electrons. The van der Waals surface area contributed by atoms with Gasteiger partial charge in [0.05, 0.1) is 6.42 Å². The summed E-state index contributed by atoms with van der Waals surface area (Å²) in [7, 11) is 0. The summed E-state index contributed by atoms with van der Waals surface area (Å²) in [6, 6.07) is 7.55. The van der Waals surface area contributed by atoms with E-state index in [2.05, 4.69) is 11.2 Å². The summed E-state index contributed by atoms with van der Waals surface area (Å²) >= 11 is 0. The van der Waals surface area contributed by atoms with Crippen LogP contribution in [0, 0.1) is 5.92 Å². The van der Waals surface area contributed by atoms with Crippen molar-refractivity contribution in [2.75, 3.05) is 11.4 Å². The van der Waals surface area contributed by atoms with Gasteiger partial charge in [0.25, 0.3) is 5.95 Å². The van der Waals surface area contributed by atoms with E-state index in [9.17, 15) is 9.59 Å². The van der Waals surface area contributed by atoms with Crippen LogP contribution in [0.1, 0.15) is 108 Å². The number of fused-ring (bicyclic) bond motifs is 1. The van der Waals surface area contributed by atoms with Gasteiger partial charge in [-0.05, 0) is 55.8 Å². The number of carbonyl (C=O) groups is 2. The van der Waals surface area contributed by atoms with Crippen LogP contribution in [0.4, 0.5) is 5.95 Å². The fourth-order valence-electron chi connectivity index (χ4n) is 5.50. The average molecular weight is 482 g/mol. The number of anilines is 1. The average Bonchev–Trinajstić information content (AvgIpc) is 3.32. The van der Waals surface area contributed by atoms with Gasteiger partial charge in [-0.25, -0.2) is 0 Å². The highest BCUT2D eigenvalue weighted by molar-refractivity contribution is 5.71. The molecule has 1 saturated carbocycles. The normalized spacial score (nSPS) is 19.7. The molecule has 1 unspecified atom stereocenters. The Labute approximate surface area is 208 Å². The Kier molecular flexibility index (Phi) is 8.24. The van der Waals surface area contributed by atoms with Crippen molar-refractivity contribution in [1.29, 1.82) is 0 Å². The van der Waals surface area contributed by atoms with E-state index in [0.29, 0.717) is 18.4 Å². The third-order valence-electron chi connectivity index (χ3n) is 7.22. The third-order valence-corrected chi connectivity index (χ3v) is 7.22. The summed E-state index contributed by atoms with van der Waals surface area (Å²) in [5.74, 6) is 1.20. The van der Waals surface area contributed by atoms with E-state index in [1.54, 1.807) is 0 Å². The van der Waals surface area contributed by atoms with Crippen molar-refractivity contribution in [1.82, 2.24) is 10.1 Å². The number of nitrogens with zero attached hydrogens (tertiary/aromatic N) is 3. The molecule has 7 heteroatoms. The molecule has 7 nitrogen and oxygen atoms in total. The summed E-state index contributed by atoms with van der Waals surface area (Å²) in [6.07, 6.45) is 11.6. The summed E-state index contributed by atoms with van der Waals surface area (Å²) in [5, 5.41) is 4.24. The second kappa shape index (κ2) is 11.4. The molecule has 1 aromatic heterocycles. The number of ether oxygens (including phenoxy) is 1. The maximum atomic E-state index is 12.7. The van der Waals surface area contributed by atoms with E-state index in [-0.39, 0.29) is 18.3 Å². The number of hydrogen-bond acceptors (Lipinski definition) is 7. The molecule has 2 aliphatic rings. The fourth-order valence-corrected chi connectivity index (χ4v) is 5.50. The van der Waals surface area contributed by atoms with E-state index < -0.39 is 11.6 Å². The molecule has 2 heterocycles. The number of hydrogen-bond donors (Lipinski definition) is 0. The zero-order valence-electron chi connectivity index (χ0n) is 21.4. The molecule has 1 aromatic carbocycles. The monoisotopic (exact) mass is 481 g/mol. The van der Waals surface area contributed by atoms with Crippen LogP contribution in [-0.2, 0) is 20.7 Å². The van der Waals surface area contributed by atoms with Crippen LogP contribution in [-0.4, -0.2) is 34.5 Å². The minimum atomic E-state index is -0.540. The van der Waals surface area contributed by atoms with Crippen LogP contribution in [0.3, 0.4) is 0 Å². The lowest BCUT2D eigenvalue weighted by Crippen LogP contribution is -2.37. The molecule has 0 N–H and O–H groups in total. The van der Waals surface area contributed by atoms with Crippen molar-refractivity contribution in [3.05, 3.63) is 41.3 Å². The number of esters is 1. The lowest BCUT2D eigenvalue weighted by molar-refractivity contribution is -0.155. The van der Waals surface area contributed by atoms with E-state index in [1.807, 2.05) is 43.9 Å². The van der Waals surface area contributed by atoms with Gasteiger partial charge in [0.15, 0.2) is 0 Å². The van der Waals surface area contributed by atoms with Gasteiger partial charge in [-0.1, -0.05) is 69.2 Å². The zero-order chi connectivity index (χ0) is 24.8. The minimum Gasteiger partial charge on any atom is -0.460 e. The van der Waals surface area contributed by atoms with Crippen molar-refractivity contribution in [3.8, 4) is 0 Å². The second-order valence-corrected chi connectivity index (χ2v) is 11.1. The van der Waals surface area contributed by atoms with Gasteiger partial charge in [0.1, 0.15) is 17.9 Å². The van der Waals surface area contributed by atoms with Gasteiger partial charge in [-0.15, -0.1) is 0 Å². The topological polar surface area (TPSA) is 85.5 Å². The molecule has 0 bridgehead atoms. The number of benzene rings is 1. The smallest absolute Gasteiger partial charge is 0.307 e. The molecule has 0 spiro atoms. The minimum absolute atomic E-state index is 0.193. The van der Waals surface area contributed by atoms with Crippen LogP contribution < -0.4 is 4.90 Å². The van der Waals surface area contributed by atoms with Gasteiger partial charge < -0.3 is 19.0 Å². The SMILES string of the molecule is CC(C)(C)OC(=O)C[C@@H](CCCC1CCCCC1)c1nc(N2CCc3ccccc3C2C=O)no1. The fraction of sp³-hybridized carbons (Fsp3) is 0.643. The molecular formula is C28H39N3O4. The van der Waals surface area contributed by atoms with Crippen molar-refractivity contribution in [2.45, 2.75) is 103 Å². The lowest BCUT2D eigenvalue weighted by Gasteiger charge is -2.32. The molecule has 4 rings (SSSR count). The molecule has 1 fully saturated rings. The first kappa shape index (κ1) is 25.4. The number of aromatic nitrogens is 2. The van der Waals surface area contributed by atoms with E-state index in [4.69, 9.17) is 14.2 Å². The number of aldehydes is 1. The Bertz CT molecular complexity index is 990. The first-order chi connectivity index (χ1) is 16.8. The van der Waals surface area contributed by atoms with Crippen LogP contribution in [0.2, 0.25) is 0 Å². The van der Waals surface area contributed by atoms with Crippen LogP contribution in [0.15, 0.2) is 28.8 Å². The maximum absolute atomic E-state index is 12.7. The highest BCUT2D eigenvalue weighted by atomic mass is 16.6. The standard InChI is InChI=1S/C28H39N3O4/c1-28(2,3)34-25(33)18-22(14-9-12-20-10-5-4-6-11-20)26-29-27(30-35-26)31-17-16-21-13-7-8-15-23(21)24(31)19-32/h7-8,13,15,19-20,22,24H,4-6,9-12,14,16-18H2,1-3H3/t22-,24?/m1/s1. The molecule has 1 aliphatic heterocycles. The first-order valence-corrected chi connectivity index (χ1v) is 13.2. The maximum Gasteiger partial charge on any atom is 0.307 e. The lowest BCUT2D eigenvalue weighted by atomic mass is 9.84. The van der Waals surface area contributed by atoms with E-state index in [0.717, 1.165) is 37.0 Å². The molecule has 2 aromatic rings. The molecule has 35 heavy (non-hydrogen) atoms. The molecule has 2 atom stereocenters. The van der Waals surface area contributed by atoms with Gasteiger partial charge in [-0.3, -0.25) is 4.79 Å².